The molecule has 0 aromatic heterocycles. The molecular formula is C23H26O5. The summed E-state index contributed by atoms with van der Waals surface area (Å²) in [5.74, 6) is 1.48. The van der Waals surface area contributed by atoms with Gasteiger partial charge in [-0.25, -0.2) is 4.79 Å². The Bertz CT molecular complexity index is 897. The molecule has 1 aliphatic carbocycles. The van der Waals surface area contributed by atoms with E-state index in [9.17, 15) is 4.79 Å². The van der Waals surface area contributed by atoms with Gasteiger partial charge in [-0.05, 0) is 32.6 Å². The summed E-state index contributed by atoms with van der Waals surface area (Å²) in [5, 5.41) is 2.11. The number of carbonyl (C=O) groups is 1. The lowest BCUT2D eigenvalue weighted by atomic mass is 9.87. The first-order valence-corrected chi connectivity index (χ1v) is 9.91. The standard InChI is InChI=1S/C23H26O5/c1-15(2)23(24)26-12-11-25-21-17-7-3-5-9-19(17)22(28-14-16-13-27-16)20-10-6-4-8-18(20)21/h3,5,7,9,16H,1,4,6,8,10-14H2,2H3. The molecule has 2 aromatic carbocycles. The number of benzene rings is 2. The first kappa shape index (κ1) is 18.8. The van der Waals surface area contributed by atoms with E-state index in [0.717, 1.165) is 54.6 Å². The van der Waals surface area contributed by atoms with Gasteiger partial charge in [0.15, 0.2) is 0 Å². The topological polar surface area (TPSA) is 57.3 Å². The summed E-state index contributed by atoms with van der Waals surface area (Å²) in [6.45, 7) is 7.12. The fourth-order valence-corrected chi connectivity index (χ4v) is 3.68. The van der Waals surface area contributed by atoms with Crippen LogP contribution in [-0.2, 0) is 27.1 Å². The van der Waals surface area contributed by atoms with E-state index in [2.05, 4.69) is 18.7 Å². The van der Waals surface area contributed by atoms with Gasteiger partial charge < -0.3 is 18.9 Å². The molecule has 0 bridgehead atoms. The van der Waals surface area contributed by atoms with Gasteiger partial charge in [-0.1, -0.05) is 30.8 Å². The Kier molecular flexibility index (Phi) is 5.53. The Morgan fingerprint density at radius 3 is 2.25 bits per heavy atom. The van der Waals surface area contributed by atoms with Gasteiger partial charge in [0.05, 0.1) is 6.61 Å². The average Bonchev–Trinajstić information content (AvgIpc) is 3.54. The normalized spacial score (nSPS) is 17.7. The molecule has 4 rings (SSSR count). The fourth-order valence-electron chi connectivity index (χ4n) is 3.68. The number of rotatable bonds is 8. The minimum absolute atomic E-state index is 0.200. The van der Waals surface area contributed by atoms with Crippen LogP contribution in [0.25, 0.3) is 10.8 Å². The van der Waals surface area contributed by atoms with Crippen LogP contribution in [0.3, 0.4) is 0 Å². The number of hydrogen-bond donors (Lipinski definition) is 0. The highest BCUT2D eigenvalue weighted by atomic mass is 16.6. The average molecular weight is 382 g/mol. The molecule has 1 aliphatic heterocycles. The molecular weight excluding hydrogens is 356 g/mol. The largest absolute Gasteiger partial charge is 0.490 e. The molecule has 1 atom stereocenters. The van der Waals surface area contributed by atoms with Gasteiger partial charge in [-0.3, -0.25) is 0 Å². The van der Waals surface area contributed by atoms with Crippen molar-refractivity contribution in [1.82, 2.24) is 0 Å². The molecule has 0 N–H and O–H groups in total. The van der Waals surface area contributed by atoms with Crippen LogP contribution in [0.1, 0.15) is 30.9 Å². The van der Waals surface area contributed by atoms with Crippen LogP contribution in [-0.4, -0.2) is 38.5 Å². The fraction of sp³-hybridized carbons (Fsp3) is 0.435. The zero-order valence-electron chi connectivity index (χ0n) is 16.3. The SMILES string of the molecule is C=C(C)C(=O)OCCOc1c2c(c(OCC3CO3)c3ccccc13)CCCC2. The number of fused-ring (bicyclic) bond motifs is 2. The third-order valence-corrected chi connectivity index (χ3v) is 5.16. The van der Waals surface area contributed by atoms with E-state index in [-0.39, 0.29) is 18.7 Å². The van der Waals surface area contributed by atoms with Crippen LogP contribution in [0.15, 0.2) is 36.4 Å². The van der Waals surface area contributed by atoms with Gasteiger partial charge >= 0.3 is 5.97 Å². The summed E-state index contributed by atoms with van der Waals surface area (Å²) in [6, 6.07) is 8.19. The molecule has 1 fully saturated rings. The van der Waals surface area contributed by atoms with E-state index in [1.807, 2.05) is 12.1 Å². The molecule has 5 nitrogen and oxygen atoms in total. The van der Waals surface area contributed by atoms with E-state index in [0.29, 0.717) is 18.8 Å². The van der Waals surface area contributed by atoms with Crippen molar-refractivity contribution in [2.24, 2.45) is 0 Å². The smallest absolute Gasteiger partial charge is 0.333 e. The maximum absolute atomic E-state index is 11.6. The second-order valence-corrected chi connectivity index (χ2v) is 7.40. The van der Waals surface area contributed by atoms with Crippen LogP contribution in [0.5, 0.6) is 11.5 Å². The van der Waals surface area contributed by atoms with Gasteiger partial charge in [0.2, 0.25) is 0 Å². The molecule has 2 aromatic rings. The van der Waals surface area contributed by atoms with Crippen molar-refractivity contribution in [3.05, 3.63) is 47.5 Å². The van der Waals surface area contributed by atoms with Crippen molar-refractivity contribution >= 4 is 16.7 Å². The second-order valence-electron chi connectivity index (χ2n) is 7.40. The third-order valence-electron chi connectivity index (χ3n) is 5.16. The van der Waals surface area contributed by atoms with Crippen LogP contribution in [0, 0.1) is 0 Å². The highest BCUT2D eigenvalue weighted by molar-refractivity contribution is 5.96. The molecule has 2 aliphatic rings. The lowest BCUT2D eigenvalue weighted by Crippen LogP contribution is -2.15. The Labute approximate surface area is 165 Å². The lowest BCUT2D eigenvalue weighted by molar-refractivity contribution is -0.139. The first-order chi connectivity index (χ1) is 13.6. The zero-order chi connectivity index (χ0) is 19.5. The molecule has 1 heterocycles. The van der Waals surface area contributed by atoms with Gasteiger partial charge in [-0.15, -0.1) is 0 Å². The summed E-state index contributed by atoms with van der Waals surface area (Å²) in [5.41, 5.74) is 2.87. The minimum Gasteiger partial charge on any atom is -0.490 e. The van der Waals surface area contributed by atoms with Crippen molar-refractivity contribution in [2.75, 3.05) is 26.4 Å². The zero-order valence-corrected chi connectivity index (χ0v) is 16.3. The molecule has 28 heavy (non-hydrogen) atoms. The maximum atomic E-state index is 11.6. The monoisotopic (exact) mass is 382 g/mol. The molecule has 1 unspecified atom stereocenters. The number of carbonyl (C=O) groups excluding carboxylic acids is 1. The van der Waals surface area contributed by atoms with Crippen LogP contribution < -0.4 is 9.47 Å². The van der Waals surface area contributed by atoms with Crippen LogP contribution in [0.4, 0.5) is 0 Å². The van der Waals surface area contributed by atoms with Crippen molar-refractivity contribution in [1.29, 1.82) is 0 Å². The quantitative estimate of drug-likeness (QED) is 0.299. The number of esters is 1. The molecule has 0 amide bonds. The third kappa shape index (κ3) is 3.99. The molecule has 0 saturated carbocycles. The van der Waals surface area contributed by atoms with E-state index in [4.69, 9.17) is 18.9 Å². The van der Waals surface area contributed by atoms with Crippen molar-refractivity contribution in [3.63, 3.8) is 0 Å². The van der Waals surface area contributed by atoms with E-state index >= 15 is 0 Å². The predicted octanol–water partition coefficient (Wildman–Crippen LogP) is 3.99. The van der Waals surface area contributed by atoms with Gasteiger partial charge in [-0.2, -0.15) is 0 Å². The summed E-state index contributed by atoms with van der Waals surface area (Å²) < 4.78 is 22.9. The van der Waals surface area contributed by atoms with E-state index in [1.165, 1.54) is 11.1 Å². The lowest BCUT2D eigenvalue weighted by Gasteiger charge is -2.25. The molecule has 1 saturated heterocycles. The first-order valence-electron chi connectivity index (χ1n) is 9.91. The Hall–Kier alpha value is -2.53. The van der Waals surface area contributed by atoms with E-state index < -0.39 is 0 Å². The number of ether oxygens (including phenoxy) is 4. The Balaban J connectivity index is 1.62. The van der Waals surface area contributed by atoms with Gasteiger partial charge in [0, 0.05) is 27.5 Å². The van der Waals surface area contributed by atoms with Crippen molar-refractivity contribution < 1.29 is 23.7 Å². The number of hydrogen-bond acceptors (Lipinski definition) is 5. The summed E-state index contributed by atoms with van der Waals surface area (Å²) >= 11 is 0. The molecule has 5 heteroatoms. The number of epoxide rings is 1. The second kappa shape index (κ2) is 8.23. The summed E-state index contributed by atoms with van der Waals surface area (Å²) in [4.78, 5) is 11.6. The van der Waals surface area contributed by atoms with Crippen molar-refractivity contribution in [3.8, 4) is 11.5 Å². The van der Waals surface area contributed by atoms with Gasteiger partial charge in [0.25, 0.3) is 0 Å². The Morgan fingerprint density at radius 2 is 1.68 bits per heavy atom. The Morgan fingerprint density at radius 1 is 1.07 bits per heavy atom. The molecule has 148 valence electrons. The predicted molar refractivity (Wildman–Crippen MR) is 107 cm³/mol. The van der Waals surface area contributed by atoms with E-state index in [1.54, 1.807) is 6.92 Å². The maximum Gasteiger partial charge on any atom is 0.333 e. The highest BCUT2D eigenvalue weighted by Gasteiger charge is 2.27. The van der Waals surface area contributed by atoms with Gasteiger partial charge in [0.1, 0.15) is 37.4 Å². The summed E-state index contributed by atoms with van der Waals surface area (Å²) in [7, 11) is 0. The van der Waals surface area contributed by atoms with Crippen molar-refractivity contribution in [2.45, 2.75) is 38.7 Å². The highest BCUT2D eigenvalue weighted by Crippen LogP contribution is 2.44. The molecule has 0 spiro atoms. The minimum atomic E-state index is -0.387. The van der Waals surface area contributed by atoms with Crippen LogP contribution in [0.2, 0.25) is 0 Å². The molecule has 0 radical (unpaired) electrons. The van der Waals surface area contributed by atoms with Crippen LogP contribution >= 0.6 is 0 Å². The summed E-state index contributed by atoms with van der Waals surface area (Å²) in [6.07, 6.45) is 4.46.